The van der Waals surface area contributed by atoms with Gasteiger partial charge < -0.3 is 10.6 Å². The fourth-order valence-corrected chi connectivity index (χ4v) is 1.89. The normalized spacial score (nSPS) is 25.2. The molecule has 1 rings (SSSR count). The van der Waals surface area contributed by atoms with Gasteiger partial charge in [0.1, 0.15) is 0 Å². The molecular formula is C11H22N2O. The van der Waals surface area contributed by atoms with Gasteiger partial charge in [-0.15, -0.1) is 0 Å². The van der Waals surface area contributed by atoms with Crippen LogP contribution in [0.5, 0.6) is 0 Å². The van der Waals surface area contributed by atoms with Gasteiger partial charge in [-0.2, -0.15) is 0 Å². The predicted octanol–water partition coefficient (Wildman–Crippen LogP) is 1.23. The fourth-order valence-electron chi connectivity index (χ4n) is 1.89. The molecule has 1 fully saturated rings. The standard InChI is InChI=1S/C11H22N2O/c1-8(2)10(12)11(14)13-6-4-5-9(3)7-13/h8-10H,4-7,12H2,1-3H3. The molecule has 1 heterocycles. The summed E-state index contributed by atoms with van der Waals surface area (Å²) in [6.07, 6.45) is 2.36. The van der Waals surface area contributed by atoms with E-state index in [0.29, 0.717) is 5.92 Å². The highest BCUT2D eigenvalue weighted by molar-refractivity contribution is 5.82. The molecule has 0 aliphatic carbocycles. The molecular weight excluding hydrogens is 176 g/mol. The SMILES string of the molecule is CC1CCCN(C(=O)C(N)C(C)C)C1. The number of nitrogens with zero attached hydrogens (tertiary/aromatic N) is 1. The lowest BCUT2D eigenvalue weighted by molar-refractivity contribution is -0.135. The third-order valence-corrected chi connectivity index (χ3v) is 2.97. The Morgan fingerprint density at radius 1 is 1.50 bits per heavy atom. The molecule has 0 saturated carbocycles. The van der Waals surface area contributed by atoms with Crippen molar-refractivity contribution in [3.63, 3.8) is 0 Å². The molecule has 0 aromatic carbocycles. The van der Waals surface area contributed by atoms with Crippen LogP contribution in [0.1, 0.15) is 33.6 Å². The number of likely N-dealkylation sites (tertiary alicyclic amines) is 1. The van der Waals surface area contributed by atoms with E-state index in [4.69, 9.17) is 5.73 Å². The van der Waals surface area contributed by atoms with Gasteiger partial charge in [-0.05, 0) is 24.7 Å². The maximum atomic E-state index is 11.9. The molecule has 2 N–H and O–H groups in total. The topological polar surface area (TPSA) is 46.3 Å². The minimum absolute atomic E-state index is 0.131. The quantitative estimate of drug-likeness (QED) is 0.725. The average Bonchev–Trinajstić information content (AvgIpc) is 2.15. The van der Waals surface area contributed by atoms with Gasteiger partial charge in [0.15, 0.2) is 0 Å². The number of hydrogen-bond acceptors (Lipinski definition) is 2. The summed E-state index contributed by atoms with van der Waals surface area (Å²) in [5.41, 5.74) is 5.85. The van der Waals surface area contributed by atoms with Gasteiger partial charge in [-0.3, -0.25) is 4.79 Å². The monoisotopic (exact) mass is 198 g/mol. The Kier molecular flexibility index (Phi) is 3.93. The minimum Gasteiger partial charge on any atom is -0.341 e. The first-order valence-corrected chi connectivity index (χ1v) is 5.56. The van der Waals surface area contributed by atoms with E-state index in [2.05, 4.69) is 6.92 Å². The van der Waals surface area contributed by atoms with Crippen molar-refractivity contribution in [2.24, 2.45) is 17.6 Å². The summed E-state index contributed by atoms with van der Waals surface area (Å²) < 4.78 is 0. The lowest BCUT2D eigenvalue weighted by Gasteiger charge is -2.33. The summed E-state index contributed by atoms with van der Waals surface area (Å²) >= 11 is 0. The number of nitrogens with two attached hydrogens (primary N) is 1. The Balaban J connectivity index is 2.51. The van der Waals surface area contributed by atoms with Crippen LogP contribution in [0, 0.1) is 11.8 Å². The Morgan fingerprint density at radius 2 is 2.14 bits per heavy atom. The second kappa shape index (κ2) is 4.78. The third-order valence-electron chi connectivity index (χ3n) is 2.97. The summed E-state index contributed by atoms with van der Waals surface area (Å²) in [4.78, 5) is 13.8. The van der Waals surface area contributed by atoms with Gasteiger partial charge in [-0.1, -0.05) is 20.8 Å². The van der Waals surface area contributed by atoms with Crippen molar-refractivity contribution in [1.82, 2.24) is 4.90 Å². The predicted molar refractivity (Wildman–Crippen MR) is 57.8 cm³/mol. The lowest BCUT2D eigenvalue weighted by Crippen LogP contribution is -2.49. The van der Waals surface area contributed by atoms with Gasteiger partial charge in [0.25, 0.3) is 0 Å². The van der Waals surface area contributed by atoms with Crippen LogP contribution in [0.3, 0.4) is 0 Å². The van der Waals surface area contributed by atoms with E-state index in [9.17, 15) is 4.79 Å². The molecule has 0 radical (unpaired) electrons. The van der Waals surface area contributed by atoms with E-state index in [1.54, 1.807) is 0 Å². The first-order chi connectivity index (χ1) is 6.52. The van der Waals surface area contributed by atoms with Gasteiger partial charge >= 0.3 is 0 Å². The van der Waals surface area contributed by atoms with E-state index in [0.717, 1.165) is 19.5 Å². The number of hydrogen-bond donors (Lipinski definition) is 1. The van der Waals surface area contributed by atoms with Crippen LogP contribution in [0.2, 0.25) is 0 Å². The zero-order valence-electron chi connectivity index (χ0n) is 9.49. The molecule has 0 aromatic heterocycles. The van der Waals surface area contributed by atoms with Crippen molar-refractivity contribution in [3.05, 3.63) is 0 Å². The maximum Gasteiger partial charge on any atom is 0.239 e. The van der Waals surface area contributed by atoms with Crippen molar-refractivity contribution >= 4 is 5.91 Å². The number of amides is 1. The highest BCUT2D eigenvalue weighted by atomic mass is 16.2. The Labute approximate surface area is 86.6 Å². The molecule has 14 heavy (non-hydrogen) atoms. The van der Waals surface area contributed by atoms with Gasteiger partial charge in [-0.25, -0.2) is 0 Å². The second-order valence-corrected chi connectivity index (χ2v) is 4.80. The van der Waals surface area contributed by atoms with E-state index in [1.165, 1.54) is 6.42 Å². The van der Waals surface area contributed by atoms with Crippen LogP contribution in [-0.4, -0.2) is 29.9 Å². The first kappa shape index (κ1) is 11.5. The van der Waals surface area contributed by atoms with Gasteiger partial charge in [0, 0.05) is 13.1 Å². The number of rotatable bonds is 2. The lowest BCUT2D eigenvalue weighted by atomic mass is 9.97. The van der Waals surface area contributed by atoms with E-state index in [1.807, 2.05) is 18.7 Å². The third kappa shape index (κ3) is 2.71. The summed E-state index contributed by atoms with van der Waals surface area (Å²) in [7, 11) is 0. The highest BCUT2D eigenvalue weighted by Gasteiger charge is 2.26. The largest absolute Gasteiger partial charge is 0.341 e. The number of carbonyl (C=O) groups is 1. The smallest absolute Gasteiger partial charge is 0.239 e. The second-order valence-electron chi connectivity index (χ2n) is 4.80. The zero-order chi connectivity index (χ0) is 10.7. The van der Waals surface area contributed by atoms with Crippen LogP contribution in [0.25, 0.3) is 0 Å². The average molecular weight is 198 g/mol. The molecule has 0 bridgehead atoms. The van der Waals surface area contributed by atoms with Crippen molar-refractivity contribution in [3.8, 4) is 0 Å². The summed E-state index contributed by atoms with van der Waals surface area (Å²) in [6.45, 7) is 7.97. The summed E-state index contributed by atoms with van der Waals surface area (Å²) in [5, 5.41) is 0. The van der Waals surface area contributed by atoms with Crippen LogP contribution < -0.4 is 5.73 Å². The Bertz CT molecular complexity index is 203. The summed E-state index contributed by atoms with van der Waals surface area (Å²) in [5.74, 6) is 0.998. The Morgan fingerprint density at radius 3 is 2.64 bits per heavy atom. The number of carbonyl (C=O) groups excluding carboxylic acids is 1. The van der Waals surface area contributed by atoms with Crippen LogP contribution in [0.15, 0.2) is 0 Å². The van der Waals surface area contributed by atoms with Crippen molar-refractivity contribution in [2.75, 3.05) is 13.1 Å². The molecule has 1 saturated heterocycles. The van der Waals surface area contributed by atoms with E-state index >= 15 is 0 Å². The zero-order valence-corrected chi connectivity index (χ0v) is 9.49. The molecule has 1 amide bonds. The number of piperidine rings is 1. The molecule has 0 spiro atoms. The molecule has 3 heteroatoms. The van der Waals surface area contributed by atoms with Gasteiger partial charge in [0.2, 0.25) is 5.91 Å². The molecule has 1 aliphatic rings. The van der Waals surface area contributed by atoms with Crippen molar-refractivity contribution in [1.29, 1.82) is 0 Å². The van der Waals surface area contributed by atoms with Crippen molar-refractivity contribution < 1.29 is 4.79 Å². The molecule has 3 nitrogen and oxygen atoms in total. The molecule has 2 atom stereocenters. The molecule has 0 aromatic rings. The molecule has 1 aliphatic heterocycles. The van der Waals surface area contributed by atoms with Crippen molar-refractivity contribution in [2.45, 2.75) is 39.7 Å². The van der Waals surface area contributed by atoms with Gasteiger partial charge in [0.05, 0.1) is 6.04 Å². The van der Waals surface area contributed by atoms with E-state index < -0.39 is 0 Å². The molecule has 82 valence electrons. The minimum atomic E-state index is -0.319. The van der Waals surface area contributed by atoms with Crippen LogP contribution in [0.4, 0.5) is 0 Å². The van der Waals surface area contributed by atoms with E-state index in [-0.39, 0.29) is 17.9 Å². The molecule has 2 unspecified atom stereocenters. The summed E-state index contributed by atoms with van der Waals surface area (Å²) in [6, 6.07) is -0.319. The van der Waals surface area contributed by atoms with Crippen LogP contribution >= 0.6 is 0 Å². The first-order valence-electron chi connectivity index (χ1n) is 5.56. The Hall–Kier alpha value is -0.570. The highest BCUT2D eigenvalue weighted by Crippen LogP contribution is 2.17. The van der Waals surface area contributed by atoms with Crippen LogP contribution in [-0.2, 0) is 4.79 Å². The fraction of sp³-hybridized carbons (Fsp3) is 0.909. The maximum absolute atomic E-state index is 11.9.